The summed E-state index contributed by atoms with van der Waals surface area (Å²) < 4.78 is 12.0. The van der Waals surface area contributed by atoms with Gasteiger partial charge in [-0.25, -0.2) is 0 Å². The average molecular weight is 489 g/mol. The predicted molar refractivity (Wildman–Crippen MR) is 138 cm³/mol. The summed E-state index contributed by atoms with van der Waals surface area (Å²) in [5.41, 5.74) is 1.49. The van der Waals surface area contributed by atoms with Crippen LogP contribution < -0.4 is 0 Å². The van der Waals surface area contributed by atoms with Crippen molar-refractivity contribution in [3.8, 4) is 0 Å². The molecule has 35 heavy (non-hydrogen) atoms. The van der Waals surface area contributed by atoms with Crippen molar-refractivity contribution in [2.75, 3.05) is 39.8 Å². The molecule has 0 spiro atoms. The summed E-state index contributed by atoms with van der Waals surface area (Å²) in [4.78, 5) is 29.1. The van der Waals surface area contributed by atoms with Gasteiger partial charge in [-0.05, 0) is 81.7 Å². The first-order chi connectivity index (χ1) is 16.5. The topological polar surface area (TPSA) is 59.1 Å². The number of hydrogen-bond donors (Lipinski definition) is 0. The largest absolute Gasteiger partial charge is 0.463 e. The van der Waals surface area contributed by atoms with Gasteiger partial charge in [-0.3, -0.25) is 9.59 Å². The third kappa shape index (κ3) is 5.49. The molecule has 1 aliphatic heterocycles. The minimum Gasteiger partial charge on any atom is -0.463 e. The number of rotatable bonds is 6. The van der Waals surface area contributed by atoms with E-state index in [-0.39, 0.29) is 35.0 Å². The molecule has 0 N–H and O–H groups in total. The van der Waals surface area contributed by atoms with Crippen LogP contribution in [0.15, 0.2) is 12.2 Å². The number of fused-ring (bicyclic) bond motifs is 1. The Bertz CT molecular complexity index is 807. The number of carbonyl (C=O) groups excluding carboxylic acids is 2. The second kappa shape index (κ2) is 10.5. The van der Waals surface area contributed by atoms with Gasteiger partial charge in [0.05, 0.1) is 0 Å². The van der Waals surface area contributed by atoms with Crippen LogP contribution in [0, 0.1) is 28.6 Å². The van der Waals surface area contributed by atoms with Gasteiger partial charge in [0.2, 0.25) is 0 Å². The molecule has 7 atom stereocenters. The van der Waals surface area contributed by atoms with E-state index >= 15 is 0 Å². The minimum atomic E-state index is -0.174. The van der Waals surface area contributed by atoms with Gasteiger partial charge in [-0.15, -0.1) is 0 Å². The summed E-state index contributed by atoms with van der Waals surface area (Å²) in [5, 5.41) is 0. The van der Waals surface area contributed by atoms with Crippen LogP contribution in [0.5, 0.6) is 0 Å². The Morgan fingerprint density at radius 1 is 0.971 bits per heavy atom. The Morgan fingerprint density at radius 3 is 2.31 bits per heavy atom. The van der Waals surface area contributed by atoms with E-state index in [9.17, 15) is 9.59 Å². The number of piperazine rings is 1. The summed E-state index contributed by atoms with van der Waals surface area (Å²) in [6, 6.07) is 0. The van der Waals surface area contributed by atoms with Crippen molar-refractivity contribution in [3.05, 3.63) is 12.2 Å². The quantitative estimate of drug-likeness (QED) is 0.400. The molecule has 6 nitrogen and oxygen atoms in total. The standard InChI is InChI=1S/C29H48N2O4/c1-20-7-8-25-27(35-22(3)33)26(10-13-28(20,25)4)29(5)12-9-24(34-21(2)32)19-23(29)11-14-31-17-15-30(6)16-18-31/h23-27H,1,7-19H2,2-6H3/t23-,24-,25+,26+,27-,28+,29-/m0/s1. The second-order valence-corrected chi connectivity index (χ2v) is 12.5. The predicted octanol–water partition coefficient (Wildman–Crippen LogP) is 4.68. The highest BCUT2D eigenvalue weighted by atomic mass is 16.5. The lowest BCUT2D eigenvalue weighted by molar-refractivity contribution is -0.176. The van der Waals surface area contributed by atoms with E-state index in [0.29, 0.717) is 17.8 Å². The summed E-state index contributed by atoms with van der Waals surface area (Å²) in [6.45, 7) is 17.9. The highest BCUT2D eigenvalue weighted by Crippen LogP contribution is 2.62. The van der Waals surface area contributed by atoms with Crippen molar-refractivity contribution in [1.29, 1.82) is 0 Å². The number of hydrogen-bond acceptors (Lipinski definition) is 6. The SMILES string of the molecule is C=C1CC[C@@H]2[C@H](OC(C)=O)[C@H]([C@@]3(C)CC[C@H](OC(C)=O)C[C@@H]3CCN3CCN(C)CC3)CC[C@]12C. The number of ether oxygens (including phenoxy) is 2. The van der Waals surface area contributed by atoms with Gasteiger partial charge in [-0.2, -0.15) is 0 Å². The van der Waals surface area contributed by atoms with E-state index in [2.05, 4.69) is 37.3 Å². The molecule has 4 fully saturated rings. The fourth-order valence-electron chi connectivity index (χ4n) is 8.11. The molecule has 0 bridgehead atoms. The van der Waals surface area contributed by atoms with E-state index < -0.39 is 0 Å². The molecule has 0 radical (unpaired) electrons. The van der Waals surface area contributed by atoms with Gasteiger partial charge in [0.15, 0.2) is 0 Å². The Hall–Kier alpha value is -1.40. The van der Waals surface area contributed by atoms with Gasteiger partial charge >= 0.3 is 11.9 Å². The average Bonchev–Trinajstić information content (AvgIpc) is 3.09. The maximum atomic E-state index is 12.3. The van der Waals surface area contributed by atoms with Gasteiger partial charge < -0.3 is 19.3 Å². The summed E-state index contributed by atoms with van der Waals surface area (Å²) in [5.74, 6) is 0.808. The fraction of sp³-hybridized carbons (Fsp3) is 0.862. The molecule has 3 saturated carbocycles. The molecule has 198 valence electrons. The van der Waals surface area contributed by atoms with E-state index in [4.69, 9.17) is 9.47 Å². The van der Waals surface area contributed by atoms with Gasteiger partial charge in [0.25, 0.3) is 0 Å². The molecule has 3 aliphatic carbocycles. The molecule has 4 rings (SSSR count). The van der Waals surface area contributed by atoms with Crippen molar-refractivity contribution < 1.29 is 19.1 Å². The van der Waals surface area contributed by atoms with Crippen LogP contribution in [0.25, 0.3) is 0 Å². The Kier molecular flexibility index (Phi) is 8.02. The van der Waals surface area contributed by atoms with Crippen LogP contribution in [-0.4, -0.2) is 73.7 Å². The first-order valence-corrected chi connectivity index (χ1v) is 14.0. The number of allylic oxidation sites excluding steroid dienone is 1. The van der Waals surface area contributed by atoms with Crippen molar-refractivity contribution in [1.82, 2.24) is 9.80 Å². The van der Waals surface area contributed by atoms with E-state index in [1.165, 1.54) is 12.5 Å². The van der Waals surface area contributed by atoms with Crippen LogP contribution in [0.2, 0.25) is 0 Å². The van der Waals surface area contributed by atoms with Crippen LogP contribution in [-0.2, 0) is 19.1 Å². The summed E-state index contributed by atoms with van der Waals surface area (Å²) >= 11 is 0. The molecule has 6 heteroatoms. The van der Waals surface area contributed by atoms with Crippen LogP contribution in [0.3, 0.4) is 0 Å². The Morgan fingerprint density at radius 2 is 1.66 bits per heavy atom. The molecule has 0 unspecified atom stereocenters. The Labute approximate surface area is 212 Å². The number of likely N-dealkylation sites (N-methyl/N-ethyl adjacent to an activating group) is 1. The van der Waals surface area contributed by atoms with Gasteiger partial charge in [0, 0.05) is 51.9 Å². The number of carbonyl (C=O) groups is 2. The Balaban J connectivity index is 1.57. The van der Waals surface area contributed by atoms with Crippen molar-refractivity contribution >= 4 is 11.9 Å². The fourth-order valence-corrected chi connectivity index (χ4v) is 8.11. The molecule has 0 aromatic rings. The normalized spacial score (nSPS) is 40.8. The molecular weight excluding hydrogens is 440 g/mol. The molecule has 1 saturated heterocycles. The summed E-state index contributed by atoms with van der Waals surface area (Å²) in [6.07, 6.45) is 8.22. The van der Waals surface area contributed by atoms with Crippen LogP contribution in [0.4, 0.5) is 0 Å². The van der Waals surface area contributed by atoms with E-state index in [1.807, 2.05) is 0 Å². The van der Waals surface area contributed by atoms with Crippen molar-refractivity contribution in [2.45, 2.75) is 91.3 Å². The van der Waals surface area contributed by atoms with Gasteiger partial charge in [0.1, 0.15) is 12.2 Å². The zero-order valence-electron chi connectivity index (χ0n) is 22.8. The number of esters is 2. The van der Waals surface area contributed by atoms with Crippen LogP contribution >= 0.6 is 0 Å². The zero-order chi connectivity index (χ0) is 25.4. The smallest absolute Gasteiger partial charge is 0.302 e. The summed E-state index contributed by atoms with van der Waals surface area (Å²) in [7, 11) is 2.20. The third-order valence-corrected chi connectivity index (χ3v) is 10.5. The van der Waals surface area contributed by atoms with Gasteiger partial charge in [-0.1, -0.05) is 26.0 Å². The first kappa shape index (κ1) is 26.7. The minimum absolute atomic E-state index is 0.00496. The van der Waals surface area contributed by atoms with Crippen LogP contribution in [0.1, 0.15) is 79.1 Å². The molecule has 1 heterocycles. The van der Waals surface area contributed by atoms with Crippen molar-refractivity contribution in [3.63, 3.8) is 0 Å². The zero-order valence-corrected chi connectivity index (χ0v) is 22.8. The highest BCUT2D eigenvalue weighted by Gasteiger charge is 2.58. The van der Waals surface area contributed by atoms with E-state index in [0.717, 1.165) is 84.1 Å². The van der Waals surface area contributed by atoms with Crippen molar-refractivity contribution in [2.24, 2.45) is 28.6 Å². The molecule has 0 aromatic heterocycles. The lowest BCUT2D eigenvalue weighted by atomic mass is 9.51. The molecular formula is C29H48N2O4. The lowest BCUT2D eigenvalue weighted by Crippen LogP contribution is -2.54. The number of nitrogens with zero attached hydrogens (tertiary/aromatic N) is 2. The maximum Gasteiger partial charge on any atom is 0.302 e. The van der Waals surface area contributed by atoms with E-state index in [1.54, 1.807) is 6.92 Å². The molecule has 0 aromatic carbocycles. The first-order valence-electron chi connectivity index (χ1n) is 14.0. The third-order valence-electron chi connectivity index (χ3n) is 10.5. The molecule has 0 amide bonds. The molecule has 4 aliphatic rings. The monoisotopic (exact) mass is 488 g/mol. The highest BCUT2D eigenvalue weighted by molar-refractivity contribution is 5.66. The lowest BCUT2D eigenvalue weighted by Gasteiger charge is -2.56. The second-order valence-electron chi connectivity index (χ2n) is 12.5. The maximum absolute atomic E-state index is 12.3.